The van der Waals surface area contributed by atoms with Crippen LogP contribution in [-0.2, 0) is 0 Å². The predicted molar refractivity (Wildman–Crippen MR) is 76.7 cm³/mol. The molecule has 0 bridgehead atoms. The molecule has 18 heavy (non-hydrogen) atoms. The van der Waals surface area contributed by atoms with Gasteiger partial charge in [0.25, 0.3) is 0 Å². The molecule has 1 nitrogen and oxygen atoms in total. The number of rotatable bonds is 4. The Morgan fingerprint density at radius 2 is 2.00 bits per heavy atom. The Morgan fingerprint density at radius 3 is 2.50 bits per heavy atom. The van der Waals surface area contributed by atoms with E-state index in [1.807, 2.05) is 0 Å². The first-order valence-corrected chi connectivity index (χ1v) is 7.39. The Bertz CT molecular complexity index is 431. The fraction of sp³-hybridized carbons (Fsp3) is 0.647. The van der Waals surface area contributed by atoms with E-state index < -0.39 is 0 Å². The number of nitrogens with one attached hydrogen (secondary N) is 1. The molecule has 98 valence electrons. The molecular formula is C17H25N. The van der Waals surface area contributed by atoms with Gasteiger partial charge >= 0.3 is 0 Å². The van der Waals surface area contributed by atoms with Gasteiger partial charge in [0.1, 0.15) is 0 Å². The van der Waals surface area contributed by atoms with Gasteiger partial charge in [0.15, 0.2) is 0 Å². The molecule has 2 atom stereocenters. The fourth-order valence-electron chi connectivity index (χ4n) is 3.43. The van der Waals surface area contributed by atoms with Gasteiger partial charge in [-0.2, -0.15) is 0 Å². The molecule has 2 aliphatic carbocycles. The van der Waals surface area contributed by atoms with Crippen molar-refractivity contribution in [3.8, 4) is 0 Å². The standard InChI is InChI=1S/C17H25N/c1-17(2)11-15(17)16(18-3)14-9-5-8-13(10-14)12-6-4-7-12/h5,8-10,12,15-16,18H,4,6-7,11H2,1-3H3. The second-order valence-electron chi connectivity index (χ2n) is 6.86. The molecule has 0 heterocycles. The normalized spacial score (nSPS) is 27.6. The van der Waals surface area contributed by atoms with Crippen LogP contribution in [-0.4, -0.2) is 7.05 Å². The Morgan fingerprint density at radius 1 is 1.28 bits per heavy atom. The van der Waals surface area contributed by atoms with Crippen LogP contribution in [0.3, 0.4) is 0 Å². The highest BCUT2D eigenvalue weighted by atomic mass is 14.9. The third-order valence-electron chi connectivity index (χ3n) is 5.15. The topological polar surface area (TPSA) is 12.0 Å². The van der Waals surface area contributed by atoms with E-state index in [0.29, 0.717) is 11.5 Å². The summed E-state index contributed by atoms with van der Waals surface area (Å²) in [4.78, 5) is 0. The molecule has 0 amide bonds. The minimum atomic E-state index is 0.528. The summed E-state index contributed by atoms with van der Waals surface area (Å²) >= 11 is 0. The van der Waals surface area contributed by atoms with Crippen LogP contribution in [0.2, 0.25) is 0 Å². The smallest absolute Gasteiger partial charge is 0.0351 e. The van der Waals surface area contributed by atoms with Gasteiger partial charge in [-0.3, -0.25) is 0 Å². The molecule has 0 aliphatic heterocycles. The fourth-order valence-corrected chi connectivity index (χ4v) is 3.43. The van der Waals surface area contributed by atoms with Crippen LogP contribution >= 0.6 is 0 Å². The van der Waals surface area contributed by atoms with Crippen molar-refractivity contribution in [2.24, 2.45) is 11.3 Å². The van der Waals surface area contributed by atoms with Crippen molar-refractivity contribution in [2.45, 2.75) is 51.5 Å². The molecule has 1 aromatic carbocycles. The Balaban J connectivity index is 1.81. The summed E-state index contributed by atoms with van der Waals surface area (Å²) in [5.74, 6) is 1.65. The Hall–Kier alpha value is -0.820. The van der Waals surface area contributed by atoms with Crippen molar-refractivity contribution in [2.75, 3.05) is 7.05 Å². The number of hydrogen-bond acceptors (Lipinski definition) is 1. The zero-order valence-electron chi connectivity index (χ0n) is 11.9. The van der Waals surface area contributed by atoms with E-state index in [9.17, 15) is 0 Å². The van der Waals surface area contributed by atoms with Crippen molar-refractivity contribution >= 4 is 0 Å². The first-order chi connectivity index (χ1) is 8.62. The Labute approximate surface area is 111 Å². The summed E-state index contributed by atoms with van der Waals surface area (Å²) in [6.45, 7) is 4.77. The van der Waals surface area contributed by atoms with Crippen molar-refractivity contribution in [1.29, 1.82) is 0 Å². The van der Waals surface area contributed by atoms with Crippen LogP contribution in [0.1, 0.15) is 62.6 Å². The van der Waals surface area contributed by atoms with Crippen LogP contribution in [0.15, 0.2) is 24.3 Å². The Kier molecular flexibility index (Phi) is 2.97. The summed E-state index contributed by atoms with van der Waals surface area (Å²) in [6.07, 6.45) is 5.55. The van der Waals surface area contributed by atoms with Crippen molar-refractivity contribution in [3.63, 3.8) is 0 Å². The van der Waals surface area contributed by atoms with E-state index in [2.05, 4.69) is 50.5 Å². The highest BCUT2D eigenvalue weighted by Crippen LogP contribution is 2.57. The van der Waals surface area contributed by atoms with Gasteiger partial charge in [0.05, 0.1) is 0 Å². The maximum Gasteiger partial charge on any atom is 0.0351 e. The van der Waals surface area contributed by atoms with Gasteiger partial charge < -0.3 is 5.32 Å². The van der Waals surface area contributed by atoms with E-state index >= 15 is 0 Å². The summed E-state index contributed by atoms with van der Waals surface area (Å²) < 4.78 is 0. The highest BCUT2D eigenvalue weighted by molar-refractivity contribution is 5.31. The largest absolute Gasteiger partial charge is 0.313 e. The van der Waals surface area contributed by atoms with Crippen LogP contribution in [0.5, 0.6) is 0 Å². The molecule has 3 rings (SSSR count). The van der Waals surface area contributed by atoms with E-state index in [4.69, 9.17) is 0 Å². The van der Waals surface area contributed by atoms with Gasteiger partial charge in [0.2, 0.25) is 0 Å². The van der Waals surface area contributed by atoms with Gasteiger partial charge in [-0.05, 0) is 54.7 Å². The van der Waals surface area contributed by atoms with E-state index in [1.165, 1.54) is 31.2 Å². The molecule has 2 aliphatic rings. The van der Waals surface area contributed by atoms with Crippen LogP contribution in [0, 0.1) is 11.3 Å². The molecule has 2 saturated carbocycles. The zero-order chi connectivity index (χ0) is 12.8. The second kappa shape index (κ2) is 4.38. The average Bonchev–Trinajstić information content (AvgIpc) is 2.87. The van der Waals surface area contributed by atoms with Gasteiger partial charge in [-0.15, -0.1) is 0 Å². The quantitative estimate of drug-likeness (QED) is 0.833. The predicted octanol–water partition coefficient (Wildman–Crippen LogP) is 4.26. The monoisotopic (exact) mass is 243 g/mol. The summed E-state index contributed by atoms with van der Waals surface area (Å²) in [7, 11) is 2.11. The van der Waals surface area contributed by atoms with Gasteiger partial charge in [-0.1, -0.05) is 44.5 Å². The average molecular weight is 243 g/mol. The molecule has 1 N–H and O–H groups in total. The molecule has 0 saturated heterocycles. The molecule has 0 spiro atoms. The number of benzene rings is 1. The zero-order valence-corrected chi connectivity index (χ0v) is 11.9. The molecule has 2 fully saturated rings. The molecule has 2 unspecified atom stereocenters. The minimum absolute atomic E-state index is 0.528. The summed E-state index contributed by atoms with van der Waals surface area (Å²) in [5, 5.41) is 3.54. The lowest BCUT2D eigenvalue weighted by molar-refractivity contribution is 0.416. The third kappa shape index (κ3) is 2.09. The maximum absolute atomic E-state index is 3.54. The molecule has 1 heteroatoms. The first kappa shape index (κ1) is 12.2. The van der Waals surface area contributed by atoms with Crippen LogP contribution < -0.4 is 5.32 Å². The minimum Gasteiger partial charge on any atom is -0.313 e. The van der Waals surface area contributed by atoms with Crippen molar-refractivity contribution < 1.29 is 0 Å². The van der Waals surface area contributed by atoms with Crippen LogP contribution in [0.4, 0.5) is 0 Å². The molecule has 0 radical (unpaired) electrons. The lowest BCUT2D eigenvalue weighted by Gasteiger charge is -2.27. The lowest BCUT2D eigenvalue weighted by atomic mass is 9.79. The maximum atomic E-state index is 3.54. The van der Waals surface area contributed by atoms with Crippen molar-refractivity contribution in [1.82, 2.24) is 5.32 Å². The van der Waals surface area contributed by atoms with Gasteiger partial charge in [0, 0.05) is 6.04 Å². The van der Waals surface area contributed by atoms with Crippen LogP contribution in [0.25, 0.3) is 0 Å². The molecule has 1 aromatic rings. The number of hydrogen-bond donors (Lipinski definition) is 1. The SMILES string of the molecule is CNC(c1cccc(C2CCC2)c1)C1CC1(C)C. The lowest BCUT2D eigenvalue weighted by Crippen LogP contribution is -2.21. The summed E-state index contributed by atoms with van der Waals surface area (Å²) in [5.41, 5.74) is 3.59. The first-order valence-electron chi connectivity index (χ1n) is 7.39. The van der Waals surface area contributed by atoms with E-state index in [1.54, 1.807) is 5.56 Å². The molecular weight excluding hydrogens is 218 g/mol. The highest BCUT2D eigenvalue weighted by Gasteiger charge is 2.50. The van der Waals surface area contributed by atoms with Crippen molar-refractivity contribution in [3.05, 3.63) is 35.4 Å². The van der Waals surface area contributed by atoms with E-state index in [-0.39, 0.29) is 0 Å². The van der Waals surface area contributed by atoms with Gasteiger partial charge in [-0.25, -0.2) is 0 Å². The van der Waals surface area contributed by atoms with E-state index in [0.717, 1.165) is 11.8 Å². The second-order valence-corrected chi connectivity index (χ2v) is 6.86. The third-order valence-corrected chi connectivity index (χ3v) is 5.15. The molecule has 0 aromatic heterocycles. The summed E-state index contributed by atoms with van der Waals surface area (Å²) in [6, 6.07) is 9.87.